The Labute approximate surface area is 86.1 Å². The van der Waals surface area contributed by atoms with E-state index in [4.69, 9.17) is 0 Å². The maximum Gasteiger partial charge on any atom is 0.0220 e. The number of aromatic nitrogens is 1. The van der Waals surface area contributed by atoms with Gasteiger partial charge in [-0.15, -0.1) is 0 Å². The molecule has 1 aromatic heterocycles. The lowest BCUT2D eigenvalue weighted by Crippen LogP contribution is -2.23. The molecule has 0 radical (unpaired) electrons. The summed E-state index contributed by atoms with van der Waals surface area (Å²) in [6.45, 7) is 4.58. The van der Waals surface area contributed by atoms with Gasteiger partial charge < -0.3 is 10.3 Å². The van der Waals surface area contributed by atoms with E-state index in [1.807, 2.05) is 6.20 Å². The number of aromatic amines is 1. The normalized spacial score (nSPS) is 26.9. The first-order valence-corrected chi connectivity index (χ1v) is 5.68. The molecule has 2 nitrogen and oxygen atoms in total. The van der Waals surface area contributed by atoms with Gasteiger partial charge in [0.1, 0.15) is 0 Å². The molecule has 78 valence electrons. The van der Waals surface area contributed by atoms with Gasteiger partial charge in [-0.05, 0) is 36.4 Å². The van der Waals surface area contributed by atoms with Gasteiger partial charge >= 0.3 is 0 Å². The van der Waals surface area contributed by atoms with Crippen LogP contribution in [0.1, 0.15) is 31.7 Å². The van der Waals surface area contributed by atoms with Gasteiger partial charge in [0.05, 0.1) is 0 Å². The molecule has 2 heteroatoms. The average molecular weight is 192 g/mol. The quantitative estimate of drug-likeness (QED) is 0.754. The first kappa shape index (κ1) is 9.78. The molecule has 0 aliphatic heterocycles. The summed E-state index contributed by atoms with van der Waals surface area (Å²) in [5.74, 6) is 1.84. The maximum atomic E-state index is 3.54. The molecule has 1 saturated carbocycles. The molecule has 1 aromatic rings. The number of rotatable bonds is 4. The monoisotopic (exact) mass is 192 g/mol. The van der Waals surface area contributed by atoms with Crippen molar-refractivity contribution in [2.45, 2.75) is 32.7 Å². The van der Waals surface area contributed by atoms with Crippen molar-refractivity contribution in [3.63, 3.8) is 0 Å². The molecular formula is C12H20N2. The molecule has 2 atom stereocenters. The van der Waals surface area contributed by atoms with E-state index in [2.05, 4.69) is 29.5 Å². The zero-order valence-corrected chi connectivity index (χ0v) is 8.92. The van der Waals surface area contributed by atoms with E-state index in [1.54, 1.807) is 0 Å². The Morgan fingerprint density at radius 1 is 1.50 bits per heavy atom. The predicted octanol–water partition coefficient (Wildman–Crippen LogP) is 2.54. The van der Waals surface area contributed by atoms with Crippen LogP contribution in [0.15, 0.2) is 18.5 Å². The topological polar surface area (TPSA) is 27.8 Å². The van der Waals surface area contributed by atoms with Crippen molar-refractivity contribution in [2.24, 2.45) is 11.8 Å². The van der Waals surface area contributed by atoms with Crippen LogP contribution in [0.5, 0.6) is 0 Å². The summed E-state index contributed by atoms with van der Waals surface area (Å²) in [6.07, 6.45) is 8.32. The highest BCUT2D eigenvalue weighted by Crippen LogP contribution is 2.30. The highest BCUT2D eigenvalue weighted by Gasteiger charge is 2.22. The van der Waals surface area contributed by atoms with Gasteiger partial charge in [0, 0.05) is 18.9 Å². The van der Waals surface area contributed by atoms with Crippen LogP contribution in [-0.2, 0) is 6.54 Å². The SMILES string of the molecule is CC1CCCC1CNCc1cc[nH]c1. The minimum atomic E-state index is 0.911. The van der Waals surface area contributed by atoms with Crippen LogP contribution >= 0.6 is 0 Å². The molecule has 14 heavy (non-hydrogen) atoms. The lowest BCUT2D eigenvalue weighted by molar-refractivity contribution is 0.392. The molecule has 0 amide bonds. The second kappa shape index (κ2) is 4.65. The predicted molar refractivity (Wildman–Crippen MR) is 59.0 cm³/mol. The largest absolute Gasteiger partial charge is 0.367 e. The fourth-order valence-corrected chi connectivity index (χ4v) is 2.40. The molecule has 1 aliphatic carbocycles. The standard InChI is InChI=1S/C12H20N2/c1-10-3-2-4-12(10)9-14-8-11-5-6-13-7-11/h5-7,10,12-14H,2-4,8-9H2,1H3. The minimum Gasteiger partial charge on any atom is -0.367 e. The molecule has 0 aromatic carbocycles. The van der Waals surface area contributed by atoms with E-state index in [0.717, 1.165) is 18.4 Å². The lowest BCUT2D eigenvalue weighted by Gasteiger charge is -2.15. The van der Waals surface area contributed by atoms with Crippen molar-refractivity contribution in [1.82, 2.24) is 10.3 Å². The Kier molecular flexibility index (Phi) is 3.25. The van der Waals surface area contributed by atoms with Crippen molar-refractivity contribution < 1.29 is 0 Å². The van der Waals surface area contributed by atoms with E-state index in [-0.39, 0.29) is 0 Å². The number of H-pyrrole nitrogens is 1. The number of hydrogen-bond donors (Lipinski definition) is 2. The Morgan fingerprint density at radius 3 is 3.07 bits per heavy atom. The zero-order valence-electron chi connectivity index (χ0n) is 8.92. The first-order valence-electron chi connectivity index (χ1n) is 5.68. The third-order valence-corrected chi connectivity index (χ3v) is 3.44. The average Bonchev–Trinajstić information content (AvgIpc) is 2.78. The van der Waals surface area contributed by atoms with Crippen LogP contribution in [0.3, 0.4) is 0 Å². The van der Waals surface area contributed by atoms with Gasteiger partial charge in [0.25, 0.3) is 0 Å². The summed E-state index contributed by atoms with van der Waals surface area (Å²) in [7, 11) is 0. The van der Waals surface area contributed by atoms with Gasteiger partial charge in [-0.25, -0.2) is 0 Å². The fourth-order valence-electron chi connectivity index (χ4n) is 2.40. The van der Waals surface area contributed by atoms with E-state index in [1.165, 1.54) is 31.4 Å². The lowest BCUT2D eigenvalue weighted by atomic mass is 9.98. The van der Waals surface area contributed by atoms with E-state index in [9.17, 15) is 0 Å². The number of nitrogens with one attached hydrogen (secondary N) is 2. The Balaban J connectivity index is 1.68. The molecule has 2 N–H and O–H groups in total. The third-order valence-electron chi connectivity index (χ3n) is 3.44. The summed E-state index contributed by atoms with van der Waals surface area (Å²) in [4.78, 5) is 3.08. The van der Waals surface area contributed by atoms with Crippen molar-refractivity contribution in [3.8, 4) is 0 Å². The highest BCUT2D eigenvalue weighted by atomic mass is 14.9. The van der Waals surface area contributed by atoms with Crippen molar-refractivity contribution >= 4 is 0 Å². The minimum absolute atomic E-state index is 0.911. The molecule has 2 rings (SSSR count). The molecular weight excluding hydrogens is 172 g/mol. The Bertz CT molecular complexity index is 253. The highest BCUT2D eigenvalue weighted by molar-refractivity contribution is 5.07. The van der Waals surface area contributed by atoms with Gasteiger partial charge in [-0.1, -0.05) is 19.8 Å². The molecule has 1 aliphatic rings. The van der Waals surface area contributed by atoms with Gasteiger partial charge in [0.15, 0.2) is 0 Å². The summed E-state index contributed by atoms with van der Waals surface area (Å²) < 4.78 is 0. The second-order valence-electron chi connectivity index (χ2n) is 4.52. The van der Waals surface area contributed by atoms with E-state index in [0.29, 0.717) is 0 Å². The van der Waals surface area contributed by atoms with E-state index >= 15 is 0 Å². The Hall–Kier alpha value is -0.760. The van der Waals surface area contributed by atoms with Crippen LogP contribution in [0.2, 0.25) is 0 Å². The summed E-state index contributed by atoms with van der Waals surface area (Å²) >= 11 is 0. The van der Waals surface area contributed by atoms with E-state index < -0.39 is 0 Å². The smallest absolute Gasteiger partial charge is 0.0220 e. The fraction of sp³-hybridized carbons (Fsp3) is 0.667. The van der Waals surface area contributed by atoms with Crippen LogP contribution in [-0.4, -0.2) is 11.5 Å². The van der Waals surface area contributed by atoms with Gasteiger partial charge in [-0.2, -0.15) is 0 Å². The summed E-state index contributed by atoms with van der Waals surface area (Å²) in [5.41, 5.74) is 1.36. The molecule has 1 heterocycles. The second-order valence-corrected chi connectivity index (χ2v) is 4.52. The molecule has 0 spiro atoms. The zero-order chi connectivity index (χ0) is 9.80. The summed E-state index contributed by atoms with van der Waals surface area (Å²) in [5, 5.41) is 3.54. The van der Waals surface area contributed by atoms with Crippen LogP contribution in [0.25, 0.3) is 0 Å². The molecule has 0 saturated heterocycles. The third kappa shape index (κ3) is 2.38. The first-order chi connectivity index (χ1) is 6.86. The van der Waals surface area contributed by atoms with Crippen molar-refractivity contribution in [3.05, 3.63) is 24.0 Å². The van der Waals surface area contributed by atoms with Crippen LogP contribution in [0, 0.1) is 11.8 Å². The molecule has 2 unspecified atom stereocenters. The molecule has 1 fully saturated rings. The molecule has 0 bridgehead atoms. The number of hydrogen-bond acceptors (Lipinski definition) is 1. The van der Waals surface area contributed by atoms with Crippen LogP contribution < -0.4 is 5.32 Å². The van der Waals surface area contributed by atoms with Gasteiger partial charge in [-0.3, -0.25) is 0 Å². The van der Waals surface area contributed by atoms with Crippen LogP contribution in [0.4, 0.5) is 0 Å². The van der Waals surface area contributed by atoms with Gasteiger partial charge in [0.2, 0.25) is 0 Å². The summed E-state index contributed by atoms with van der Waals surface area (Å²) in [6, 6.07) is 2.13. The Morgan fingerprint density at radius 2 is 2.43 bits per heavy atom. The van der Waals surface area contributed by atoms with Crippen molar-refractivity contribution in [2.75, 3.05) is 6.54 Å². The maximum absolute atomic E-state index is 3.54. The van der Waals surface area contributed by atoms with Crippen molar-refractivity contribution in [1.29, 1.82) is 0 Å².